The van der Waals surface area contributed by atoms with Crippen molar-refractivity contribution in [3.05, 3.63) is 77.8 Å². The van der Waals surface area contributed by atoms with E-state index in [1.165, 1.54) is 0 Å². The molecule has 0 spiro atoms. The van der Waals surface area contributed by atoms with Crippen molar-refractivity contribution in [2.75, 3.05) is 7.11 Å². The minimum absolute atomic E-state index is 0.191. The van der Waals surface area contributed by atoms with Crippen molar-refractivity contribution in [2.24, 2.45) is 0 Å². The standard InChI is InChI=1S/C21H16O4/c1-3-7-14-19-15(10-11-24-19)20(23-2)17-18(22)16(25-21(14)17)12-13-8-5-4-6-9-13/h3-6,8-12H,1,7H2,2H3/b16-12-. The third-order valence-corrected chi connectivity index (χ3v) is 4.22. The fourth-order valence-electron chi connectivity index (χ4n) is 3.15. The first kappa shape index (κ1) is 15.3. The maximum atomic E-state index is 13.0. The number of hydrogen-bond donors (Lipinski definition) is 0. The van der Waals surface area contributed by atoms with Gasteiger partial charge in [0.2, 0.25) is 5.78 Å². The van der Waals surface area contributed by atoms with Gasteiger partial charge in [0.1, 0.15) is 22.6 Å². The van der Waals surface area contributed by atoms with E-state index in [-0.39, 0.29) is 11.5 Å². The Morgan fingerprint density at radius 1 is 1.20 bits per heavy atom. The first-order valence-corrected chi connectivity index (χ1v) is 7.94. The van der Waals surface area contributed by atoms with E-state index in [9.17, 15) is 4.79 Å². The van der Waals surface area contributed by atoms with E-state index in [1.807, 2.05) is 30.3 Å². The fourth-order valence-corrected chi connectivity index (χ4v) is 3.15. The maximum Gasteiger partial charge on any atom is 0.235 e. The molecule has 3 aromatic rings. The molecule has 0 aliphatic carbocycles. The monoisotopic (exact) mass is 332 g/mol. The second-order valence-electron chi connectivity index (χ2n) is 5.72. The molecule has 4 rings (SSSR count). The maximum absolute atomic E-state index is 13.0. The normalized spacial score (nSPS) is 14.6. The molecule has 0 amide bonds. The Hall–Kier alpha value is -3.27. The van der Waals surface area contributed by atoms with E-state index < -0.39 is 0 Å². The summed E-state index contributed by atoms with van der Waals surface area (Å²) in [6, 6.07) is 11.4. The van der Waals surface area contributed by atoms with Crippen LogP contribution in [0, 0.1) is 0 Å². The Morgan fingerprint density at radius 3 is 2.72 bits per heavy atom. The highest BCUT2D eigenvalue weighted by atomic mass is 16.5. The Bertz CT molecular complexity index is 1010. The van der Waals surface area contributed by atoms with E-state index in [4.69, 9.17) is 13.9 Å². The van der Waals surface area contributed by atoms with Gasteiger partial charge in [-0.1, -0.05) is 36.4 Å². The summed E-state index contributed by atoms with van der Waals surface area (Å²) in [5.74, 6) is 1.06. The average molecular weight is 332 g/mol. The highest BCUT2D eigenvalue weighted by Crippen LogP contribution is 2.47. The minimum atomic E-state index is -0.191. The van der Waals surface area contributed by atoms with Gasteiger partial charge in [-0.3, -0.25) is 4.79 Å². The molecule has 1 aliphatic rings. The summed E-state index contributed by atoms with van der Waals surface area (Å²) < 4.78 is 17.1. The molecule has 0 unspecified atom stereocenters. The summed E-state index contributed by atoms with van der Waals surface area (Å²) in [5, 5.41) is 0.760. The quantitative estimate of drug-likeness (QED) is 0.509. The summed E-state index contributed by atoms with van der Waals surface area (Å²) in [5.41, 5.74) is 2.79. The van der Waals surface area contributed by atoms with Gasteiger partial charge in [0.25, 0.3) is 0 Å². The number of benzene rings is 2. The van der Waals surface area contributed by atoms with Crippen LogP contribution in [0.15, 0.2) is 65.5 Å². The van der Waals surface area contributed by atoms with E-state index in [0.717, 1.165) is 16.5 Å². The summed E-state index contributed by atoms with van der Waals surface area (Å²) in [6.45, 7) is 3.79. The third-order valence-electron chi connectivity index (χ3n) is 4.22. The van der Waals surface area contributed by atoms with E-state index in [2.05, 4.69) is 6.58 Å². The number of fused-ring (bicyclic) bond motifs is 2. The van der Waals surface area contributed by atoms with Crippen molar-refractivity contribution >= 4 is 22.8 Å². The number of Topliss-reactive ketones (excluding diaryl/α,β-unsaturated/α-hetero) is 1. The molecule has 0 bridgehead atoms. The van der Waals surface area contributed by atoms with Gasteiger partial charge in [-0.25, -0.2) is 0 Å². The number of carbonyl (C=O) groups is 1. The number of methoxy groups -OCH3 is 1. The zero-order valence-corrected chi connectivity index (χ0v) is 13.7. The minimum Gasteiger partial charge on any atom is -0.495 e. The highest BCUT2D eigenvalue weighted by molar-refractivity contribution is 6.19. The molecule has 4 heteroatoms. The second kappa shape index (κ2) is 5.98. The Balaban J connectivity index is 1.94. The van der Waals surface area contributed by atoms with Gasteiger partial charge in [0.15, 0.2) is 5.76 Å². The number of carbonyl (C=O) groups excluding carboxylic acids is 1. The highest BCUT2D eigenvalue weighted by Gasteiger charge is 2.36. The second-order valence-corrected chi connectivity index (χ2v) is 5.72. The average Bonchev–Trinajstić information content (AvgIpc) is 3.23. The van der Waals surface area contributed by atoms with Crippen LogP contribution in [0.1, 0.15) is 21.5 Å². The Kier molecular flexibility index (Phi) is 3.65. The van der Waals surface area contributed by atoms with Crippen LogP contribution in [-0.4, -0.2) is 12.9 Å². The van der Waals surface area contributed by atoms with Crippen molar-refractivity contribution in [3.8, 4) is 11.5 Å². The first-order chi connectivity index (χ1) is 12.2. The Morgan fingerprint density at radius 2 is 2.00 bits per heavy atom. The van der Waals surface area contributed by atoms with Crippen molar-refractivity contribution in [2.45, 2.75) is 6.42 Å². The van der Waals surface area contributed by atoms with Crippen LogP contribution < -0.4 is 9.47 Å². The predicted molar refractivity (Wildman–Crippen MR) is 96.0 cm³/mol. The summed E-state index contributed by atoms with van der Waals surface area (Å²) in [4.78, 5) is 13.0. The Labute approximate surface area is 145 Å². The molecule has 25 heavy (non-hydrogen) atoms. The zero-order chi connectivity index (χ0) is 17.4. The van der Waals surface area contributed by atoms with Crippen molar-refractivity contribution in [1.29, 1.82) is 0 Å². The number of ketones is 1. The SMILES string of the molecule is C=CCc1c2c(c(OC)c3ccoc13)C(=O)/C(=C/c1ccccc1)O2. The van der Waals surface area contributed by atoms with Gasteiger partial charge in [0.05, 0.1) is 18.8 Å². The smallest absolute Gasteiger partial charge is 0.235 e. The largest absolute Gasteiger partial charge is 0.495 e. The topological polar surface area (TPSA) is 48.7 Å². The lowest BCUT2D eigenvalue weighted by atomic mass is 9.99. The fraction of sp³-hybridized carbons (Fsp3) is 0.0952. The van der Waals surface area contributed by atoms with Crippen LogP contribution in [-0.2, 0) is 6.42 Å². The van der Waals surface area contributed by atoms with Crippen molar-refractivity contribution < 1.29 is 18.7 Å². The number of furan rings is 1. The molecular formula is C21H16O4. The zero-order valence-electron chi connectivity index (χ0n) is 13.7. The van der Waals surface area contributed by atoms with Crippen LogP contribution in [0.2, 0.25) is 0 Å². The molecule has 1 aromatic heterocycles. The van der Waals surface area contributed by atoms with E-state index in [0.29, 0.717) is 29.1 Å². The lowest BCUT2D eigenvalue weighted by molar-refractivity contribution is 0.101. The van der Waals surface area contributed by atoms with Crippen LogP contribution in [0.3, 0.4) is 0 Å². The molecule has 0 atom stereocenters. The summed E-state index contributed by atoms with van der Waals surface area (Å²) >= 11 is 0. The number of rotatable bonds is 4. The molecule has 0 saturated heterocycles. The van der Waals surface area contributed by atoms with Crippen molar-refractivity contribution in [1.82, 2.24) is 0 Å². The molecule has 0 radical (unpaired) electrons. The van der Waals surface area contributed by atoms with E-state index >= 15 is 0 Å². The molecule has 0 saturated carbocycles. The number of ether oxygens (including phenoxy) is 2. The molecule has 1 aliphatic heterocycles. The van der Waals surface area contributed by atoms with Crippen LogP contribution in [0.5, 0.6) is 11.5 Å². The first-order valence-electron chi connectivity index (χ1n) is 7.94. The lowest BCUT2D eigenvalue weighted by Crippen LogP contribution is -2.00. The van der Waals surface area contributed by atoms with Gasteiger partial charge in [-0.15, -0.1) is 6.58 Å². The third kappa shape index (κ3) is 2.34. The number of allylic oxidation sites excluding steroid dienone is 2. The number of hydrogen-bond acceptors (Lipinski definition) is 4. The molecule has 4 nitrogen and oxygen atoms in total. The molecular weight excluding hydrogens is 316 g/mol. The summed E-state index contributed by atoms with van der Waals surface area (Å²) in [6.07, 6.45) is 5.61. The van der Waals surface area contributed by atoms with Crippen LogP contribution in [0.25, 0.3) is 17.0 Å². The predicted octanol–water partition coefficient (Wildman–Crippen LogP) is 4.79. The molecule has 0 fully saturated rings. The summed E-state index contributed by atoms with van der Waals surface area (Å²) in [7, 11) is 1.54. The van der Waals surface area contributed by atoms with Crippen LogP contribution >= 0.6 is 0 Å². The van der Waals surface area contributed by atoms with Gasteiger partial charge < -0.3 is 13.9 Å². The van der Waals surface area contributed by atoms with Gasteiger partial charge in [0, 0.05) is 5.56 Å². The molecule has 124 valence electrons. The van der Waals surface area contributed by atoms with Crippen molar-refractivity contribution in [3.63, 3.8) is 0 Å². The van der Waals surface area contributed by atoms with E-state index in [1.54, 1.807) is 31.6 Å². The van der Waals surface area contributed by atoms with Gasteiger partial charge >= 0.3 is 0 Å². The molecule has 2 aromatic carbocycles. The lowest BCUT2D eigenvalue weighted by Gasteiger charge is -2.10. The van der Waals surface area contributed by atoms with Crippen LogP contribution in [0.4, 0.5) is 0 Å². The molecule has 2 heterocycles. The van der Waals surface area contributed by atoms with Gasteiger partial charge in [-0.05, 0) is 24.1 Å². The molecule has 0 N–H and O–H groups in total. The van der Waals surface area contributed by atoms with Gasteiger partial charge in [-0.2, -0.15) is 0 Å².